The fourth-order valence-electron chi connectivity index (χ4n) is 2.66. The van der Waals surface area contributed by atoms with E-state index in [1.807, 2.05) is 7.05 Å². The van der Waals surface area contributed by atoms with Gasteiger partial charge in [0.2, 0.25) is 0 Å². The standard InChI is InChI=1S/C15H17N3/c1-15(10-17-14(16)18(15)2)13-9-5-7-11-6-3-4-8-12(11)13/h3-9H,10H2,1-2H3,(H2,16,17). The van der Waals surface area contributed by atoms with Gasteiger partial charge in [-0.3, -0.25) is 4.99 Å². The van der Waals surface area contributed by atoms with Crippen molar-refractivity contribution < 1.29 is 0 Å². The van der Waals surface area contributed by atoms with E-state index in [2.05, 4.69) is 59.3 Å². The smallest absolute Gasteiger partial charge is 0.191 e. The fourth-order valence-corrected chi connectivity index (χ4v) is 2.66. The SMILES string of the molecule is CN1C(N)=NCC1(C)c1cccc2ccccc12. The number of hydrogen-bond donors (Lipinski definition) is 1. The van der Waals surface area contributed by atoms with E-state index in [1.54, 1.807) is 0 Å². The van der Waals surface area contributed by atoms with Gasteiger partial charge in [0.05, 0.1) is 12.1 Å². The molecule has 0 fully saturated rings. The highest BCUT2D eigenvalue weighted by molar-refractivity contribution is 5.88. The summed E-state index contributed by atoms with van der Waals surface area (Å²) in [5.41, 5.74) is 7.05. The zero-order valence-corrected chi connectivity index (χ0v) is 10.7. The lowest BCUT2D eigenvalue weighted by atomic mass is 9.87. The predicted octanol–water partition coefficient (Wildman–Crippen LogP) is 2.32. The monoisotopic (exact) mass is 239 g/mol. The summed E-state index contributed by atoms with van der Waals surface area (Å²) in [5, 5.41) is 2.54. The Labute approximate surface area is 107 Å². The van der Waals surface area contributed by atoms with Crippen LogP contribution in [-0.4, -0.2) is 24.5 Å². The van der Waals surface area contributed by atoms with Crippen molar-refractivity contribution in [1.29, 1.82) is 0 Å². The zero-order valence-electron chi connectivity index (χ0n) is 10.7. The maximum atomic E-state index is 5.91. The highest BCUT2D eigenvalue weighted by Crippen LogP contribution is 2.35. The van der Waals surface area contributed by atoms with Crippen LogP contribution < -0.4 is 5.73 Å². The molecular weight excluding hydrogens is 222 g/mol. The predicted molar refractivity (Wildman–Crippen MR) is 75.6 cm³/mol. The third-order valence-electron chi connectivity index (χ3n) is 4.00. The average molecular weight is 239 g/mol. The maximum Gasteiger partial charge on any atom is 0.191 e. The molecule has 1 aliphatic heterocycles. The van der Waals surface area contributed by atoms with Crippen molar-refractivity contribution in [3.05, 3.63) is 48.0 Å². The van der Waals surface area contributed by atoms with Crippen LogP contribution in [0.5, 0.6) is 0 Å². The molecule has 3 rings (SSSR count). The van der Waals surface area contributed by atoms with Gasteiger partial charge in [-0.2, -0.15) is 0 Å². The molecule has 2 N–H and O–H groups in total. The molecule has 2 aromatic carbocycles. The number of rotatable bonds is 1. The van der Waals surface area contributed by atoms with E-state index < -0.39 is 0 Å². The van der Waals surface area contributed by atoms with Crippen LogP contribution in [0.2, 0.25) is 0 Å². The minimum Gasteiger partial charge on any atom is -0.370 e. The van der Waals surface area contributed by atoms with Crippen molar-refractivity contribution in [3.8, 4) is 0 Å². The van der Waals surface area contributed by atoms with E-state index in [9.17, 15) is 0 Å². The van der Waals surface area contributed by atoms with E-state index in [1.165, 1.54) is 16.3 Å². The highest BCUT2D eigenvalue weighted by Gasteiger charge is 2.37. The summed E-state index contributed by atoms with van der Waals surface area (Å²) in [4.78, 5) is 6.44. The highest BCUT2D eigenvalue weighted by atomic mass is 15.3. The van der Waals surface area contributed by atoms with Crippen LogP contribution >= 0.6 is 0 Å². The van der Waals surface area contributed by atoms with Gasteiger partial charge in [0.1, 0.15) is 0 Å². The lowest BCUT2D eigenvalue weighted by Gasteiger charge is -2.34. The number of nitrogens with zero attached hydrogens (tertiary/aromatic N) is 2. The molecule has 0 aliphatic carbocycles. The number of nitrogens with two attached hydrogens (primary N) is 1. The molecule has 0 saturated heterocycles. The van der Waals surface area contributed by atoms with Crippen LogP contribution in [0.4, 0.5) is 0 Å². The second-order valence-electron chi connectivity index (χ2n) is 5.03. The van der Waals surface area contributed by atoms with Crippen molar-refractivity contribution in [2.24, 2.45) is 10.7 Å². The first-order valence-electron chi connectivity index (χ1n) is 6.15. The van der Waals surface area contributed by atoms with Gasteiger partial charge in [-0.25, -0.2) is 0 Å². The molecule has 0 aromatic heterocycles. The molecular formula is C15H17N3. The van der Waals surface area contributed by atoms with Crippen LogP contribution in [0.25, 0.3) is 10.8 Å². The van der Waals surface area contributed by atoms with Crippen molar-refractivity contribution >= 4 is 16.7 Å². The summed E-state index contributed by atoms with van der Waals surface area (Å²) < 4.78 is 0. The first-order chi connectivity index (χ1) is 8.63. The molecule has 1 atom stereocenters. The molecule has 0 bridgehead atoms. The molecule has 0 saturated carbocycles. The normalized spacial score (nSPS) is 23.4. The summed E-state index contributed by atoms with van der Waals surface area (Å²) in [6.45, 7) is 2.90. The van der Waals surface area contributed by atoms with Crippen molar-refractivity contribution in [2.75, 3.05) is 13.6 Å². The Morgan fingerprint density at radius 1 is 1.17 bits per heavy atom. The molecule has 2 aromatic rings. The first kappa shape index (κ1) is 11.1. The number of guanidine groups is 1. The lowest BCUT2D eigenvalue weighted by Crippen LogP contribution is -2.44. The Bertz CT molecular complexity index is 627. The molecule has 18 heavy (non-hydrogen) atoms. The molecule has 0 amide bonds. The van der Waals surface area contributed by atoms with Gasteiger partial charge in [-0.1, -0.05) is 42.5 Å². The molecule has 0 spiro atoms. The Morgan fingerprint density at radius 3 is 2.61 bits per heavy atom. The summed E-state index contributed by atoms with van der Waals surface area (Å²) in [6, 6.07) is 14.9. The Kier molecular flexibility index (Phi) is 2.30. The molecule has 3 nitrogen and oxygen atoms in total. The first-order valence-corrected chi connectivity index (χ1v) is 6.15. The summed E-state index contributed by atoms with van der Waals surface area (Å²) in [7, 11) is 2.01. The van der Waals surface area contributed by atoms with Crippen LogP contribution in [0, 0.1) is 0 Å². The summed E-state index contributed by atoms with van der Waals surface area (Å²) in [5.74, 6) is 0.616. The Morgan fingerprint density at radius 2 is 1.89 bits per heavy atom. The maximum absolute atomic E-state index is 5.91. The zero-order chi connectivity index (χ0) is 12.8. The van der Waals surface area contributed by atoms with Gasteiger partial charge >= 0.3 is 0 Å². The lowest BCUT2D eigenvalue weighted by molar-refractivity contribution is 0.269. The quantitative estimate of drug-likeness (QED) is 0.829. The Hall–Kier alpha value is -2.03. The van der Waals surface area contributed by atoms with Crippen molar-refractivity contribution in [3.63, 3.8) is 0 Å². The van der Waals surface area contributed by atoms with E-state index in [-0.39, 0.29) is 5.54 Å². The molecule has 1 heterocycles. The molecule has 0 radical (unpaired) electrons. The van der Waals surface area contributed by atoms with Gasteiger partial charge < -0.3 is 10.6 Å². The second-order valence-corrected chi connectivity index (χ2v) is 5.03. The minimum absolute atomic E-state index is 0.148. The molecule has 3 heteroatoms. The minimum atomic E-state index is -0.148. The third-order valence-corrected chi connectivity index (χ3v) is 4.00. The molecule has 1 aliphatic rings. The third kappa shape index (κ3) is 1.40. The van der Waals surface area contributed by atoms with E-state index >= 15 is 0 Å². The summed E-state index contributed by atoms with van der Waals surface area (Å²) in [6.07, 6.45) is 0. The van der Waals surface area contributed by atoms with Crippen molar-refractivity contribution in [2.45, 2.75) is 12.5 Å². The van der Waals surface area contributed by atoms with Crippen molar-refractivity contribution in [1.82, 2.24) is 4.90 Å². The largest absolute Gasteiger partial charge is 0.370 e. The number of fused-ring (bicyclic) bond motifs is 1. The van der Waals surface area contributed by atoms with E-state index in [0.717, 1.165) is 0 Å². The van der Waals surface area contributed by atoms with Crippen LogP contribution in [0.1, 0.15) is 12.5 Å². The second kappa shape index (κ2) is 3.73. The number of benzene rings is 2. The summed E-state index contributed by atoms with van der Waals surface area (Å²) >= 11 is 0. The average Bonchev–Trinajstić information content (AvgIpc) is 2.67. The number of aliphatic imine (C=N–C) groups is 1. The van der Waals surface area contributed by atoms with Crippen LogP contribution in [0.15, 0.2) is 47.5 Å². The number of likely N-dealkylation sites (N-methyl/N-ethyl adjacent to an activating group) is 1. The molecule has 1 unspecified atom stereocenters. The van der Waals surface area contributed by atoms with Crippen LogP contribution in [-0.2, 0) is 5.54 Å². The van der Waals surface area contributed by atoms with Gasteiger partial charge in [-0.05, 0) is 23.3 Å². The van der Waals surface area contributed by atoms with Gasteiger partial charge in [-0.15, -0.1) is 0 Å². The van der Waals surface area contributed by atoms with Gasteiger partial charge in [0.15, 0.2) is 5.96 Å². The van der Waals surface area contributed by atoms with E-state index in [4.69, 9.17) is 5.73 Å². The molecule has 92 valence electrons. The van der Waals surface area contributed by atoms with Gasteiger partial charge in [0, 0.05) is 7.05 Å². The van der Waals surface area contributed by atoms with Crippen LogP contribution in [0.3, 0.4) is 0 Å². The fraction of sp³-hybridized carbons (Fsp3) is 0.267. The Balaban J connectivity index is 2.21. The van der Waals surface area contributed by atoms with E-state index in [0.29, 0.717) is 12.5 Å². The number of hydrogen-bond acceptors (Lipinski definition) is 3. The topological polar surface area (TPSA) is 41.6 Å². The van der Waals surface area contributed by atoms with Gasteiger partial charge in [0.25, 0.3) is 0 Å².